The molecular weight excluding hydrogens is 240 g/mol. The third-order valence-corrected chi connectivity index (χ3v) is 4.54. The summed E-state index contributed by atoms with van der Waals surface area (Å²) in [7, 11) is 0. The van der Waals surface area contributed by atoms with Gasteiger partial charge in [-0.1, -0.05) is 39.0 Å². The molecule has 0 aromatic rings. The molecule has 2 fully saturated rings. The normalized spacial score (nSPS) is 30.7. The van der Waals surface area contributed by atoms with Gasteiger partial charge in [0.05, 0.1) is 0 Å². The first-order valence-electron chi connectivity index (χ1n) is 7.77. The van der Waals surface area contributed by atoms with Crippen LogP contribution >= 0.6 is 0 Å². The highest BCUT2D eigenvalue weighted by Gasteiger charge is 2.40. The average Bonchev–Trinajstić information content (AvgIpc) is 2.36. The van der Waals surface area contributed by atoms with Gasteiger partial charge in [0, 0.05) is 6.04 Å². The average molecular weight is 266 g/mol. The molecular formula is C15H26N2O2. The topological polar surface area (TPSA) is 49.4 Å². The molecule has 19 heavy (non-hydrogen) atoms. The van der Waals surface area contributed by atoms with Crippen LogP contribution in [0.15, 0.2) is 0 Å². The Hall–Kier alpha value is -1.06. The lowest BCUT2D eigenvalue weighted by Gasteiger charge is -2.42. The van der Waals surface area contributed by atoms with Gasteiger partial charge in [0.2, 0.25) is 11.8 Å². The van der Waals surface area contributed by atoms with Crippen molar-refractivity contribution in [1.82, 2.24) is 10.2 Å². The van der Waals surface area contributed by atoms with Crippen molar-refractivity contribution in [3.8, 4) is 0 Å². The highest BCUT2D eigenvalue weighted by atomic mass is 16.2. The van der Waals surface area contributed by atoms with E-state index in [9.17, 15) is 9.59 Å². The smallest absolute Gasteiger partial charge is 0.246 e. The Bertz CT molecular complexity index is 335. The minimum Gasteiger partial charge on any atom is -0.343 e. The van der Waals surface area contributed by atoms with E-state index in [2.05, 4.69) is 5.32 Å². The summed E-state index contributed by atoms with van der Waals surface area (Å²) in [6.07, 6.45) is 8.99. The van der Waals surface area contributed by atoms with E-state index in [1.807, 2.05) is 18.7 Å². The molecule has 2 amide bonds. The molecule has 2 rings (SSSR count). The lowest BCUT2D eigenvalue weighted by molar-refractivity contribution is -0.152. The van der Waals surface area contributed by atoms with E-state index in [0.29, 0.717) is 6.42 Å². The second kappa shape index (κ2) is 6.40. The van der Waals surface area contributed by atoms with E-state index in [1.165, 1.54) is 32.1 Å². The number of amides is 2. The molecule has 0 bridgehead atoms. The molecule has 4 heteroatoms. The van der Waals surface area contributed by atoms with Gasteiger partial charge in [0.25, 0.3) is 0 Å². The van der Waals surface area contributed by atoms with Crippen LogP contribution < -0.4 is 5.32 Å². The molecule has 1 aliphatic heterocycles. The lowest BCUT2D eigenvalue weighted by Crippen LogP contribution is -2.64. The van der Waals surface area contributed by atoms with Gasteiger partial charge in [-0.3, -0.25) is 9.59 Å². The van der Waals surface area contributed by atoms with Gasteiger partial charge in [-0.25, -0.2) is 0 Å². The molecule has 0 spiro atoms. The van der Waals surface area contributed by atoms with E-state index in [1.54, 1.807) is 0 Å². The van der Waals surface area contributed by atoms with Crippen molar-refractivity contribution in [1.29, 1.82) is 0 Å². The quantitative estimate of drug-likeness (QED) is 0.833. The zero-order valence-corrected chi connectivity index (χ0v) is 12.2. The van der Waals surface area contributed by atoms with Crippen molar-refractivity contribution in [2.75, 3.05) is 0 Å². The highest BCUT2D eigenvalue weighted by molar-refractivity contribution is 5.96. The van der Waals surface area contributed by atoms with Crippen molar-refractivity contribution in [2.45, 2.75) is 83.3 Å². The second-order valence-electron chi connectivity index (χ2n) is 5.89. The van der Waals surface area contributed by atoms with Gasteiger partial charge < -0.3 is 10.2 Å². The Balaban J connectivity index is 2.13. The van der Waals surface area contributed by atoms with Crippen LogP contribution in [0.5, 0.6) is 0 Å². The zero-order chi connectivity index (χ0) is 13.8. The number of hydrogen-bond acceptors (Lipinski definition) is 2. The minimum atomic E-state index is -0.311. The molecule has 1 heterocycles. The maximum absolute atomic E-state index is 12.5. The number of nitrogens with one attached hydrogen (secondary N) is 1. The summed E-state index contributed by atoms with van der Waals surface area (Å²) in [5.74, 6) is 0.133. The maximum atomic E-state index is 12.5. The number of nitrogens with zero attached hydrogens (tertiary/aromatic N) is 1. The number of carbonyl (C=O) groups is 2. The predicted octanol–water partition coefficient (Wildman–Crippen LogP) is 2.22. The fourth-order valence-corrected chi connectivity index (χ4v) is 3.34. The summed E-state index contributed by atoms with van der Waals surface area (Å²) in [4.78, 5) is 26.4. The van der Waals surface area contributed by atoms with Crippen molar-refractivity contribution in [3.63, 3.8) is 0 Å². The Labute approximate surface area is 115 Å². The summed E-state index contributed by atoms with van der Waals surface area (Å²) in [6.45, 7) is 3.81. The van der Waals surface area contributed by atoms with E-state index >= 15 is 0 Å². The second-order valence-corrected chi connectivity index (χ2v) is 5.89. The van der Waals surface area contributed by atoms with Crippen LogP contribution in [0.2, 0.25) is 0 Å². The fourth-order valence-electron chi connectivity index (χ4n) is 3.34. The van der Waals surface area contributed by atoms with Gasteiger partial charge >= 0.3 is 0 Å². The summed E-state index contributed by atoms with van der Waals surface area (Å²) in [5.41, 5.74) is 0. The van der Waals surface area contributed by atoms with Crippen molar-refractivity contribution in [2.24, 2.45) is 0 Å². The summed E-state index contributed by atoms with van der Waals surface area (Å²) >= 11 is 0. The largest absolute Gasteiger partial charge is 0.343 e. The van der Waals surface area contributed by atoms with E-state index in [4.69, 9.17) is 0 Å². The first-order valence-corrected chi connectivity index (χ1v) is 7.77. The fraction of sp³-hybridized carbons (Fsp3) is 0.867. The van der Waals surface area contributed by atoms with E-state index < -0.39 is 0 Å². The third-order valence-electron chi connectivity index (χ3n) is 4.54. The Kier molecular flexibility index (Phi) is 4.83. The summed E-state index contributed by atoms with van der Waals surface area (Å²) < 4.78 is 0. The first-order chi connectivity index (χ1) is 9.15. The van der Waals surface area contributed by atoms with Crippen molar-refractivity contribution in [3.05, 3.63) is 0 Å². The SMILES string of the molecule is CCC1NC(=O)C(C)N(C2CCCCCCC2)C1=O. The monoisotopic (exact) mass is 266 g/mol. The molecule has 1 N–H and O–H groups in total. The Morgan fingerprint density at radius 3 is 2.26 bits per heavy atom. The number of hydrogen-bond donors (Lipinski definition) is 1. The third kappa shape index (κ3) is 3.10. The summed E-state index contributed by atoms with van der Waals surface area (Å²) in [5, 5.41) is 2.83. The molecule has 2 atom stereocenters. The molecule has 108 valence electrons. The highest BCUT2D eigenvalue weighted by Crippen LogP contribution is 2.25. The molecule has 1 saturated heterocycles. The Morgan fingerprint density at radius 1 is 1.11 bits per heavy atom. The van der Waals surface area contributed by atoms with Gasteiger partial charge in [0.15, 0.2) is 0 Å². The number of piperazine rings is 1. The van der Waals surface area contributed by atoms with Crippen molar-refractivity contribution >= 4 is 11.8 Å². The molecule has 0 aromatic carbocycles. The van der Waals surface area contributed by atoms with Crippen LogP contribution in [-0.2, 0) is 9.59 Å². The predicted molar refractivity (Wildman–Crippen MR) is 74.6 cm³/mol. The standard InChI is InChI=1S/C15H26N2O2/c1-3-13-15(19)17(11(2)14(18)16-13)12-9-7-5-4-6-8-10-12/h11-13H,3-10H2,1-2H3,(H,16,18). The number of carbonyl (C=O) groups excluding carboxylic acids is 2. The van der Waals surface area contributed by atoms with Crippen LogP contribution in [0.25, 0.3) is 0 Å². The number of rotatable bonds is 2. The molecule has 2 unspecified atom stereocenters. The van der Waals surface area contributed by atoms with Crippen LogP contribution in [0, 0.1) is 0 Å². The van der Waals surface area contributed by atoms with Gasteiger partial charge in [-0.2, -0.15) is 0 Å². The maximum Gasteiger partial charge on any atom is 0.246 e. The van der Waals surface area contributed by atoms with Crippen molar-refractivity contribution < 1.29 is 9.59 Å². The van der Waals surface area contributed by atoms with E-state index in [-0.39, 0.29) is 29.9 Å². The minimum absolute atomic E-state index is 0.00788. The lowest BCUT2D eigenvalue weighted by atomic mass is 9.92. The molecule has 1 aliphatic carbocycles. The molecule has 0 radical (unpaired) electrons. The van der Waals surface area contributed by atoms with Crippen LogP contribution in [-0.4, -0.2) is 34.8 Å². The Morgan fingerprint density at radius 2 is 1.68 bits per heavy atom. The van der Waals surface area contributed by atoms with Crippen LogP contribution in [0.1, 0.15) is 65.2 Å². The molecule has 0 aromatic heterocycles. The van der Waals surface area contributed by atoms with Gasteiger partial charge in [-0.15, -0.1) is 0 Å². The zero-order valence-electron chi connectivity index (χ0n) is 12.2. The summed E-state index contributed by atoms with van der Waals surface area (Å²) in [6, 6.07) is -0.350. The molecule has 2 aliphatic rings. The van der Waals surface area contributed by atoms with Gasteiger partial charge in [0.1, 0.15) is 12.1 Å². The van der Waals surface area contributed by atoms with E-state index in [0.717, 1.165) is 12.8 Å². The molecule has 4 nitrogen and oxygen atoms in total. The first kappa shape index (κ1) is 14.4. The van der Waals surface area contributed by atoms with Crippen LogP contribution in [0.4, 0.5) is 0 Å². The van der Waals surface area contributed by atoms with Crippen LogP contribution in [0.3, 0.4) is 0 Å². The van der Waals surface area contributed by atoms with Gasteiger partial charge in [-0.05, 0) is 26.2 Å². The molecule has 1 saturated carbocycles.